The summed E-state index contributed by atoms with van der Waals surface area (Å²) in [4.78, 5) is 8.63. The predicted molar refractivity (Wildman–Crippen MR) is 67.0 cm³/mol. The molecule has 0 radical (unpaired) electrons. The minimum absolute atomic E-state index is 0.579. The van der Waals surface area contributed by atoms with Crippen LogP contribution in [0.5, 0.6) is 0 Å². The number of rotatable bonds is 7. The highest BCUT2D eigenvalue weighted by atomic mass is 16.5. The fourth-order valence-electron chi connectivity index (χ4n) is 1.67. The Bertz CT molecular complexity index is 476. The smallest absolute Gasteiger partial charge is 0.246 e. The third kappa shape index (κ3) is 3.40. The number of aromatic nitrogens is 4. The number of aryl methyl sites for hydroxylation is 1. The first-order valence-electron chi connectivity index (χ1n) is 6.34. The molecule has 0 saturated carbocycles. The molecule has 2 aromatic heterocycles. The van der Waals surface area contributed by atoms with Gasteiger partial charge in [-0.3, -0.25) is 0 Å². The van der Waals surface area contributed by atoms with Crippen LogP contribution in [-0.2, 0) is 19.5 Å². The maximum absolute atomic E-state index is 5.19. The third-order valence-electron chi connectivity index (χ3n) is 2.54. The number of hydrogen-bond acceptors (Lipinski definition) is 5. The van der Waals surface area contributed by atoms with Gasteiger partial charge in [-0.25, -0.2) is 4.98 Å². The Balaban J connectivity index is 1.93. The van der Waals surface area contributed by atoms with Gasteiger partial charge in [-0.15, -0.1) is 0 Å². The fraction of sp³-hybridized carbons (Fsp3) is 0.583. The van der Waals surface area contributed by atoms with Crippen molar-refractivity contribution in [3.8, 4) is 0 Å². The van der Waals surface area contributed by atoms with Crippen molar-refractivity contribution in [1.82, 2.24) is 25.0 Å². The second kappa shape index (κ2) is 6.30. The highest BCUT2D eigenvalue weighted by Gasteiger charge is 2.06. The molecule has 0 aliphatic rings. The van der Waals surface area contributed by atoms with Gasteiger partial charge in [0.15, 0.2) is 5.82 Å². The lowest BCUT2D eigenvalue weighted by Gasteiger charge is -1.96. The van der Waals surface area contributed by atoms with E-state index in [0.717, 1.165) is 37.4 Å². The second-order valence-electron chi connectivity index (χ2n) is 4.17. The molecule has 1 N–H and O–H groups in total. The summed E-state index contributed by atoms with van der Waals surface area (Å²) < 4.78 is 7.14. The Hall–Kier alpha value is -1.69. The fourth-order valence-corrected chi connectivity index (χ4v) is 1.67. The first-order valence-corrected chi connectivity index (χ1v) is 6.34. The van der Waals surface area contributed by atoms with Gasteiger partial charge >= 0.3 is 0 Å². The molecule has 6 nitrogen and oxygen atoms in total. The third-order valence-corrected chi connectivity index (χ3v) is 2.54. The number of hydrogen-bond donors (Lipinski definition) is 1. The molecule has 98 valence electrons. The van der Waals surface area contributed by atoms with Gasteiger partial charge in [-0.1, -0.05) is 19.0 Å². The largest absolute Gasteiger partial charge is 0.337 e. The Labute approximate surface area is 106 Å². The van der Waals surface area contributed by atoms with Crippen LogP contribution in [0.1, 0.15) is 37.7 Å². The molecule has 2 aromatic rings. The Kier molecular flexibility index (Phi) is 4.46. The van der Waals surface area contributed by atoms with Gasteiger partial charge in [0.25, 0.3) is 0 Å². The summed E-state index contributed by atoms with van der Waals surface area (Å²) in [6, 6.07) is 0. The van der Waals surface area contributed by atoms with E-state index in [1.165, 1.54) is 0 Å². The summed E-state index contributed by atoms with van der Waals surface area (Å²) in [5, 5.41) is 7.16. The van der Waals surface area contributed by atoms with E-state index >= 15 is 0 Å². The summed E-state index contributed by atoms with van der Waals surface area (Å²) in [7, 11) is 0. The lowest BCUT2D eigenvalue weighted by atomic mass is 10.3. The maximum Gasteiger partial charge on any atom is 0.246 e. The number of imidazole rings is 1. The van der Waals surface area contributed by atoms with Gasteiger partial charge in [0.2, 0.25) is 5.89 Å². The molecule has 0 fully saturated rings. The SMILES string of the molecule is CCCc1noc(Cn2cnc(CNCC)c2)n1. The number of nitrogens with zero attached hydrogens (tertiary/aromatic N) is 4. The van der Waals surface area contributed by atoms with Gasteiger partial charge in [0.05, 0.1) is 12.0 Å². The van der Waals surface area contributed by atoms with Crippen molar-refractivity contribution in [3.63, 3.8) is 0 Å². The van der Waals surface area contributed by atoms with Crippen LogP contribution < -0.4 is 5.32 Å². The summed E-state index contributed by atoms with van der Waals surface area (Å²) in [5.41, 5.74) is 1.02. The molecule has 0 saturated heterocycles. The van der Waals surface area contributed by atoms with E-state index in [9.17, 15) is 0 Å². The first kappa shape index (κ1) is 12.8. The van der Waals surface area contributed by atoms with Gasteiger partial charge in [0, 0.05) is 19.2 Å². The highest BCUT2D eigenvalue weighted by Crippen LogP contribution is 2.04. The lowest BCUT2D eigenvalue weighted by molar-refractivity contribution is 0.366. The molecule has 18 heavy (non-hydrogen) atoms. The second-order valence-corrected chi connectivity index (χ2v) is 4.17. The molecular weight excluding hydrogens is 230 g/mol. The summed E-state index contributed by atoms with van der Waals surface area (Å²) in [6.45, 7) is 6.48. The summed E-state index contributed by atoms with van der Waals surface area (Å²) in [6.07, 6.45) is 5.67. The minimum atomic E-state index is 0.579. The topological polar surface area (TPSA) is 68.8 Å². The zero-order chi connectivity index (χ0) is 12.8. The Morgan fingerprint density at radius 1 is 1.39 bits per heavy atom. The zero-order valence-electron chi connectivity index (χ0n) is 10.9. The molecule has 0 amide bonds. The van der Waals surface area contributed by atoms with Crippen LogP contribution in [0.2, 0.25) is 0 Å². The van der Waals surface area contributed by atoms with Crippen molar-refractivity contribution in [2.45, 2.75) is 39.8 Å². The summed E-state index contributed by atoms with van der Waals surface area (Å²) >= 11 is 0. The monoisotopic (exact) mass is 249 g/mol. The van der Waals surface area contributed by atoms with Crippen LogP contribution in [0.25, 0.3) is 0 Å². The molecule has 0 spiro atoms. The Morgan fingerprint density at radius 3 is 3.06 bits per heavy atom. The van der Waals surface area contributed by atoms with Crippen LogP contribution in [0, 0.1) is 0 Å². The van der Waals surface area contributed by atoms with Crippen molar-refractivity contribution in [3.05, 3.63) is 29.9 Å². The van der Waals surface area contributed by atoms with E-state index in [0.29, 0.717) is 12.4 Å². The maximum atomic E-state index is 5.19. The van der Waals surface area contributed by atoms with Crippen molar-refractivity contribution in [1.29, 1.82) is 0 Å². The van der Waals surface area contributed by atoms with Gasteiger partial charge in [-0.05, 0) is 13.0 Å². The van der Waals surface area contributed by atoms with Gasteiger partial charge < -0.3 is 14.4 Å². The molecule has 2 heterocycles. The standard InChI is InChI=1S/C12H19N5O/c1-3-5-11-15-12(18-16-11)8-17-7-10(14-9-17)6-13-4-2/h7,9,13H,3-6,8H2,1-2H3. The molecule has 6 heteroatoms. The van der Waals surface area contributed by atoms with Crippen molar-refractivity contribution in [2.75, 3.05) is 6.54 Å². The van der Waals surface area contributed by atoms with Gasteiger partial charge in [-0.2, -0.15) is 4.98 Å². The van der Waals surface area contributed by atoms with E-state index in [1.807, 2.05) is 10.8 Å². The molecule has 0 aliphatic carbocycles. The van der Waals surface area contributed by atoms with E-state index in [1.54, 1.807) is 6.33 Å². The van der Waals surface area contributed by atoms with E-state index in [4.69, 9.17) is 4.52 Å². The van der Waals surface area contributed by atoms with Crippen LogP contribution in [0.4, 0.5) is 0 Å². The number of nitrogens with one attached hydrogen (secondary N) is 1. The average molecular weight is 249 g/mol. The lowest BCUT2D eigenvalue weighted by Crippen LogP contribution is -2.11. The molecule has 0 aromatic carbocycles. The molecular formula is C12H19N5O. The minimum Gasteiger partial charge on any atom is -0.337 e. The van der Waals surface area contributed by atoms with Crippen molar-refractivity contribution < 1.29 is 4.52 Å². The van der Waals surface area contributed by atoms with Crippen molar-refractivity contribution >= 4 is 0 Å². The molecule has 2 rings (SSSR count). The van der Waals surface area contributed by atoms with E-state index in [2.05, 4.69) is 34.3 Å². The molecule has 0 atom stereocenters. The van der Waals surface area contributed by atoms with Crippen LogP contribution in [-0.4, -0.2) is 26.2 Å². The van der Waals surface area contributed by atoms with Crippen molar-refractivity contribution in [2.24, 2.45) is 0 Å². The normalized spacial score (nSPS) is 11.0. The zero-order valence-corrected chi connectivity index (χ0v) is 10.9. The van der Waals surface area contributed by atoms with Crippen LogP contribution >= 0.6 is 0 Å². The van der Waals surface area contributed by atoms with Gasteiger partial charge in [0.1, 0.15) is 6.54 Å². The van der Waals surface area contributed by atoms with Crippen LogP contribution in [0.3, 0.4) is 0 Å². The predicted octanol–water partition coefficient (Wildman–Crippen LogP) is 1.38. The molecule has 0 aliphatic heterocycles. The molecule has 0 bridgehead atoms. The van der Waals surface area contributed by atoms with Crippen LogP contribution in [0.15, 0.2) is 17.0 Å². The average Bonchev–Trinajstić information content (AvgIpc) is 2.98. The first-order chi connectivity index (χ1) is 8.81. The Morgan fingerprint density at radius 2 is 2.28 bits per heavy atom. The van der Waals surface area contributed by atoms with E-state index < -0.39 is 0 Å². The van der Waals surface area contributed by atoms with E-state index in [-0.39, 0.29) is 0 Å². The summed E-state index contributed by atoms with van der Waals surface area (Å²) in [5.74, 6) is 1.41. The molecule has 0 unspecified atom stereocenters. The highest BCUT2D eigenvalue weighted by molar-refractivity contribution is 4.98. The quantitative estimate of drug-likeness (QED) is 0.802.